The first kappa shape index (κ1) is 12.3. The minimum atomic E-state index is -0.0656. The Morgan fingerprint density at radius 3 is 2.53 bits per heavy atom. The number of nitrogens with two attached hydrogens (primary N) is 1. The first-order valence-corrected chi connectivity index (χ1v) is 6.77. The third kappa shape index (κ3) is 1.93. The summed E-state index contributed by atoms with van der Waals surface area (Å²) in [5.41, 5.74) is 8.16. The van der Waals surface area contributed by atoms with E-state index >= 15 is 0 Å². The Hall–Kier alpha value is -1.78. The number of anilines is 1. The summed E-state index contributed by atoms with van der Waals surface area (Å²) in [5.74, 6) is 1.68. The van der Waals surface area contributed by atoms with Crippen molar-refractivity contribution in [2.45, 2.75) is 52.1 Å². The van der Waals surface area contributed by atoms with Crippen LogP contribution in [0.15, 0.2) is 12.5 Å². The molecule has 5 heteroatoms. The van der Waals surface area contributed by atoms with Crippen LogP contribution in [0.1, 0.15) is 45.5 Å². The molecular weight excluding hydrogens is 238 g/mol. The van der Waals surface area contributed by atoms with E-state index < -0.39 is 0 Å². The maximum Gasteiger partial charge on any atom is 0.133 e. The molecule has 2 N–H and O–H groups in total. The summed E-state index contributed by atoms with van der Waals surface area (Å²) in [6.07, 6.45) is 6.20. The van der Waals surface area contributed by atoms with E-state index in [0.717, 1.165) is 23.0 Å². The molecule has 2 aromatic rings. The Bertz CT molecular complexity index is 610. The third-order valence-electron chi connectivity index (χ3n) is 3.60. The highest BCUT2D eigenvalue weighted by Gasteiger charge is 2.29. The van der Waals surface area contributed by atoms with Crippen LogP contribution in [0.2, 0.25) is 0 Å². The van der Waals surface area contributed by atoms with Crippen LogP contribution in [0.5, 0.6) is 0 Å². The monoisotopic (exact) mass is 259 g/mol. The van der Waals surface area contributed by atoms with Gasteiger partial charge in [-0.1, -0.05) is 0 Å². The second-order valence-corrected chi connectivity index (χ2v) is 6.32. The largest absolute Gasteiger partial charge is 0.383 e. The molecular formula is C14H21N5. The minimum Gasteiger partial charge on any atom is -0.383 e. The smallest absolute Gasteiger partial charge is 0.133 e. The number of aromatic nitrogens is 4. The van der Waals surface area contributed by atoms with Crippen LogP contribution >= 0.6 is 0 Å². The minimum absolute atomic E-state index is 0.0656. The Balaban J connectivity index is 2.13. The van der Waals surface area contributed by atoms with Gasteiger partial charge in [-0.2, -0.15) is 0 Å². The lowest BCUT2D eigenvalue weighted by Crippen LogP contribution is -2.24. The molecule has 2 heterocycles. The van der Waals surface area contributed by atoms with Gasteiger partial charge in [0.05, 0.1) is 18.2 Å². The van der Waals surface area contributed by atoms with Crippen molar-refractivity contribution in [3.8, 4) is 11.4 Å². The molecule has 0 radical (unpaired) electrons. The summed E-state index contributed by atoms with van der Waals surface area (Å²) in [4.78, 5) is 8.93. The van der Waals surface area contributed by atoms with Crippen molar-refractivity contribution in [2.24, 2.45) is 0 Å². The van der Waals surface area contributed by atoms with Gasteiger partial charge >= 0.3 is 0 Å². The van der Waals surface area contributed by atoms with Crippen LogP contribution in [0.3, 0.4) is 0 Å². The van der Waals surface area contributed by atoms with E-state index in [1.807, 2.05) is 19.4 Å². The zero-order chi connectivity index (χ0) is 13.8. The van der Waals surface area contributed by atoms with Crippen molar-refractivity contribution in [2.75, 3.05) is 5.73 Å². The maximum atomic E-state index is 6.33. The summed E-state index contributed by atoms with van der Waals surface area (Å²) in [6.45, 7) is 8.42. The Morgan fingerprint density at radius 1 is 1.32 bits per heavy atom. The summed E-state index contributed by atoms with van der Waals surface area (Å²) in [7, 11) is 0. The van der Waals surface area contributed by atoms with Gasteiger partial charge in [0.2, 0.25) is 0 Å². The van der Waals surface area contributed by atoms with E-state index in [1.165, 1.54) is 12.8 Å². The SMILES string of the molecule is Cc1nc(-c2cncn2C2CC2)c(N)n1C(C)(C)C. The molecule has 0 bridgehead atoms. The molecule has 102 valence electrons. The number of hydrogen-bond acceptors (Lipinski definition) is 3. The van der Waals surface area contributed by atoms with Crippen LogP contribution < -0.4 is 5.73 Å². The summed E-state index contributed by atoms with van der Waals surface area (Å²) in [5, 5.41) is 0. The predicted molar refractivity (Wildman–Crippen MR) is 75.9 cm³/mol. The zero-order valence-corrected chi connectivity index (χ0v) is 12.0. The van der Waals surface area contributed by atoms with Gasteiger partial charge in [0, 0.05) is 11.6 Å². The Morgan fingerprint density at radius 2 is 2.00 bits per heavy atom. The van der Waals surface area contributed by atoms with Gasteiger partial charge in [-0.25, -0.2) is 9.97 Å². The summed E-state index contributed by atoms with van der Waals surface area (Å²) in [6, 6.07) is 0.581. The molecule has 0 amide bonds. The van der Waals surface area contributed by atoms with Gasteiger partial charge in [-0.05, 0) is 40.5 Å². The molecule has 0 atom stereocenters. The molecule has 2 aromatic heterocycles. The van der Waals surface area contributed by atoms with E-state index in [4.69, 9.17) is 5.73 Å². The van der Waals surface area contributed by atoms with Crippen molar-refractivity contribution < 1.29 is 0 Å². The fourth-order valence-corrected chi connectivity index (χ4v) is 2.72. The van der Waals surface area contributed by atoms with Gasteiger partial charge in [-0.15, -0.1) is 0 Å². The van der Waals surface area contributed by atoms with Crippen LogP contribution in [0.4, 0.5) is 5.82 Å². The second kappa shape index (κ2) is 3.85. The van der Waals surface area contributed by atoms with Gasteiger partial charge in [0.15, 0.2) is 0 Å². The molecule has 19 heavy (non-hydrogen) atoms. The highest BCUT2D eigenvalue weighted by molar-refractivity contribution is 5.68. The zero-order valence-electron chi connectivity index (χ0n) is 12.0. The van der Waals surface area contributed by atoms with E-state index in [2.05, 4.69) is 39.9 Å². The van der Waals surface area contributed by atoms with Crippen molar-refractivity contribution in [1.29, 1.82) is 0 Å². The fraction of sp³-hybridized carbons (Fsp3) is 0.571. The number of hydrogen-bond donors (Lipinski definition) is 1. The number of nitrogens with zero attached hydrogens (tertiary/aromatic N) is 4. The predicted octanol–water partition coefficient (Wildman–Crippen LogP) is 2.73. The lowest BCUT2D eigenvalue weighted by molar-refractivity contribution is 0.393. The quantitative estimate of drug-likeness (QED) is 0.902. The van der Waals surface area contributed by atoms with E-state index in [1.54, 1.807) is 0 Å². The van der Waals surface area contributed by atoms with Crippen molar-refractivity contribution in [3.05, 3.63) is 18.3 Å². The van der Waals surface area contributed by atoms with Crippen molar-refractivity contribution in [3.63, 3.8) is 0 Å². The topological polar surface area (TPSA) is 61.7 Å². The molecule has 0 aromatic carbocycles. The molecule has 1 aliphatic carbocycles. The van der Waals surface area contributed by atoms with Crippen LogP contribution in [-0.4, -0.2) is 19.1 Å². The first-order chi connectivity index (χ1) is 8.89. The number of rotatable bonds is 2. The molecule has 1 aliphatic rings. The molecule has 0 aliphatic heterocycles. The molecule has 3 rings (SSSR count). The fourth-order valence-electron chi connectivity index (χ4n) is 2.72. The molecule has 1 fully saturated rings. The normalized spacial score (nSPS) is 16.0. The number of nitrogen functional groups attached to an aromatic ring is 1. The molecule has 5 nitrogen and oxygen atoms in total. The third-order valence-corrected chi connectivity index (χ3v) is 3.60. The van der Waals surface area contributed by atoms with Crippen LogP contribution in [-0.2, 0) is 5.54 Å². The Labute approximate surface area is 113 Å². The van der Waals surface area contributed by atoms with E-state index in [0.29, 0.717) is 6.04 Å². The maximum absolute atomic E-state index is 6.33. The molecule has 1 saturated carbocycles. The molecule has 0 unspecified atom stereocenters. The molecule has 0 spiro atoms. The van der Waals surface area contributed by atoms with Crippen molar-refractivity contribution >= 4 is 5.82 Å². The highest BCUT2D eigenvalue weighted by atomic mass is 15.2. The van der Waals surface area contributed by atoms with E-state index in [9.17, 15) is 0 Å². The van der Waals surface area contributed by atoms with Gasteiger partial charge in [-0.3, -0.25) is 0 Å². The second-order valence-electron chi connectivity index (χ2n) is 6.32. The van der Waals surface area contributed by atoms with Gasteiger partial charge < -0.3 is 14.9 Å². The number of imidazole rings is 2. The van der Waals surface area contributed by atoms with E-state index in [-0.39, 0.29) is 5.54 Å². The van der Waals surface area contributed by atoms with Crippen molar-refractivity contribution in [1.82, 2.24) is 19.1 Å². The number of aryl methyl sites for hydroxylation is 1. The highest BCUT2D eigenvalue weighted by Crippen LogP contribution is 2.39. The lowest BCUT2D eigenvalue weighted by atomic mass is 10.1. The Kier molecular flexibility index (Phi) is 2.49. The molecule has 0 saturated heterocycles. The van der Waals surface area contributed by atoms with Crippen LogP contribution in [0, 0.1) is 6.92 Å². The lowest BCUT2D eigenvalue weighted by Gasteiger charge is -2.24. The average molecular weight is 259 g/mol. The van der Waals surface area contributed by atoms with Crippen LogP contribution in [0.25, 0.3) is 11.4 Å². The van der Waals surface area contributed by atoms with Gasteiger partial charge in [0.1, 0.15) is 17.3 Å². The summed E-state index contributed by atoms with van der Waals surface area (Å²) < 4.78 is 4.29. The van der Waals surface area contributed by atoms with Gasteiger partial charge in [0.25, 0.3) is 0 Å². The standard InChI is InChI=1S/C14H21N5/c1-9-17-12(13(15)19(9)14(2,3)4)11-7-16-8-18(11)10-5-6-10/h7-8,10H,5-6,15H2,1-4H3. The summed E-state index contributed by atoms with van der Waals surface area (Å²) >= 11 is 0. The first-order valence-electron chi connectivity index (χ1n) is 6.77. The average Bonchev–Trinajstić information content (AvgIpc) is 2.93.